The zero-order valence-corrected chi connectivity index (χ0v) is 19.9. The molecule has 7 heteroatoms. The molecule has 35 heavy (non-hydrogen) atoms. The van der Waals surface area contributed by atoms with Crippen molar-refractivity contribution >= 4 is 11.6 Å². The SMILES string of the molecule is COc1ccc([C@H](CNC(=O)c2ccc(OCc3cn4ccccc4n3)cc2)N2CCCC2)cc1. The standard InChI is InChI=1S/C28H30N4O3/c1-34-24-11-7-21(8-12-24)26(31-15-4-5-16-31)18-29-28(33)22-9-13-25(14-10-22)35-20-23-19-32-17-3-2-6-27(32)30-23/h2-3,6-14,17,19,26H,4-5,15-16,18,20H2,1H3,(H,29,33)/t26-/m0/s1. The second kappa shape index (κ2) is 10.6. The van der Waals surface area contributed by atoms with E-state index in [9.17, 15) is 4.79 Å². The third-order valence-electron chi connectivity index (χ3n) is 6.46. The van der Waals surface area contributed by atoms with Crippen molar-refractivity contribution in [3.05, 3.63) is 95.9 Å². The highest BCUT2D eigenvalue weighted by Crippen LogP contribution is 2.26. The van der Waals surface area contributed by atoms with Gasteiger partial charge in [-0.3, -0.25) is 9.69 Å². The molecule has 1 fully saturated rings. The molecule has 1 aliphatic rings. The molecule has 0 radical (unpaired) electrons. The fraction of sp³-hybridized carbons (Fsp3) is 0.286. The topological polar surface area (TPSA) is 68.1 Å². The highest BCUT2D eigenvalue weighted by molar-refractivity contribution is 5.94. The van der Waals surface area contributed by atoms with E-state index in [1.54, 1.807) is 19.2 Å². The maximum Gasteiger partial charge on any atom is 0.251 e. The number of rotatable bonds is 9. The molecule has 1 N–H and O–H groups in total. The Balaban J connectivity index is 1.18. The second-order valence-corrected chi connectivity index (χ2v) is 8.75. The summed E-state index contributed by atoms with van der Waals surface area (Å²) < 4.78 is 13.1. The molecular weight excluding hydrogens is 440 g/mol. The van der Waals surface area contributed by atoms with E-state index in [1.165, 1.54) is 18.4 Å². The Labute approximate surface area is 205 Å². The molecule has 1 amide bonds. The first-order valence-corrected chi connectivity index (χ1v) is 12.0. The normalized spacial score (nSPS) is 14.7. The Morgan fingerprint density at radius 2 is 1.74 bits per heavy atom. The molecule has 0 aliphatic carbocycles. The van der Waals surface area contributed by atoms with Crippen LogP contribution >= 0.6 is 0 Å². The number of ether oxygens (including phenoxy) is 2. The molecule has 3 heterocycles. The number of hydrogen-bond acceptors (Lipinski definition) is 5. The Kier molecular flexibility index (Phi) is 6.95. The van der Waals surface area contributed by atoms with Crippen LogP contribution in [0.3, 0.4) is 0 Å². The van der Waals surface area contributed by atoms with Crippen molar-refractivity contribution in [3.63, 3.8) is 0 Å². The van der Waals surface area contributed by atoms with Crippen molar-refractivity contribution in [3.8, 4) is 11.5 Å². The van der Waals surface area contributed by atoms with Crippen molar-refractivity contribution in [1.29, 1.82) is 0 Å². The number of imidazole rings is 1. The molecule has 2 aromatic carbocycles. The molecule has 1 aliphatic heterocycles. The van der Waals surface area contributed by atoms with Crippen LogP contribution in [-0.2, 0) is 6.61 Å². The summed E-state index contributed by atoms with van der Waals surface area (Å²) in [6.07, 6.45) is 6.30. The van der Waals surface area contributed by atoms with Gasteiger partial charge in [-0.25, -0.2) is 4.98 Å². The number of methoxy groups -OCH3 is 1. The van der Waals surface area contributed by atoms with Gasteiger partial charge in [-0.15, -0.1) is 0 Å². The Bertz CT molecular complexity index is 1230. The molecule has 1 saturated heterocycles. The molecule has 0 saturated carbocycles. The summed E-state index contributed by atoms with van der Waals surface area (Å²) in [7, 11) is 1.67. The smallest absolute Gasteiger partial charge is 0.251 e. The lowest BCUT2D eigenvalue weighted by atomic mass is 10.0. The van der Waals surface area contributed by atoms with E-state index in [1.807, 2.05) is 59.3 Å². The van der Waals surface area contributed by atoms with Crippen LogP contribution in [0, 0.1) is 0 Å². The van der Waals surface area contributed by atoms with Crippen molar-refractivity contribution in [2.75, 3.05) is 26.7 Å². The van der Waals surface area contributed by atoms with E-state index in [0.717, 1.165) is 30.2 Å². The van der Waals surface area contributed by atoms with E-state index in [0.29, 0.717) is 24.5 Å². The fourth-order valence-electron chi connectivity index (χ4n) is 4.55. The number of pyridine rings is 1. The number of carbonyl (C=O) groups excluding carboxylic acids is 1. The number of nitrogens with one attached hydrogen (secondary N) is 1. The van der Waals surface area contributed by atoms with Gasteiger partial charge in [-0.05, 0) is 80.0 Å². The molecular formula is C28H30N4O3. The van der Waals surface area contributed by atoms with Crippen LogP contribution in [0.4, 0.5) is 0 Å². The summed E-state index contributed by atoms with van der Waals surface area (Å²) in [5.41, 5.74) is 3.54. The number of aromatic nitrogens is 2. The van der Waals surface area contributed by atoms with Gasteiger partial charge in [-0.1, -0.05) is 18.2 Å². The number of likely N-dealkylation sites (tertiary alicyclic amines) is 1. The average Bonchev–Trinajstić information content (AvgIpc) is 3.58. The van der Waals surface area contributed by atoms with Gasteiger partial charge in [0.25, 0.3) is 5.91 Å². The molecule has 180 valence electrons. The van der Waals surface area contributed by atoms with Crippen LogP contribution in [0.25, 0.3) is 5.65 Å². The van der Waals surface area contributed by atoms with Gasteiger partial charge in [0, 0.05) is 24.5 Å². The van der Waals surface area contributed by atoms with Crippen molar-refractivity contribution in [2.45, 2.75) is 25.5 Å². The maximum absolute atomic E-state index is 12.9. The zero-order valence-electron chi connectivity index (χ0n) is 19.9. The monoisotopic (exact) mass is 470 g/mol. The van der Waals surface area contributed by atoms with Crippen LogP contribution in [0.5, 0.6) is 11.5 Å². The minimum Gasteiger partial charge on any atom is -0.497 e. The molecule has 2 aromatic heterocycles. The van der Waals surface area contributed by atoms with Gasteiger partial charge in [-0.2, -0.15) is 0 Å². The van der Waals surface area contributed by atoms with Crippen molar-refractivity contribution in [1.82, 2.24) is 19.6 Å². The Morgan fingerprint density at radius 3 is 2.46 bits per heavy atom. The molecule has 7 nitrogen and oxygen atoms in total. The van der Waals surface area contributed by atoms with Crippen LogP contribution in [-0.4, -0.2) is 46.9 Å². The second-order valence-electron chi connectivity index (χ2n) is 8.75. The van der Waals surface area contributed by atoms with Gasteiger partial charge < -0.3 is 19.2 Å². The first-order valence-electron chi connectivity index (χ1n) is 12.0. The lowest BCUT2D eigenvalue weighted by molar-refractivity contribution is 0.0938. The third-order valence-corrected chi connectivity index (χ3v) is 6.46. The fourth-order valence-corrected chi connectivity index (χ4v) is 4.55. The Hall–Kier alpha value is -3.84. The summed E-state index contributed by atoms with van der Waals surface area (Å²) in [4.78, 5) is 19.9. The third kappa shape index (κ3) is 5.46. The van der Waals surface area contributed by atoms with E-state index in [2.05, 4.69) is 27.3 Å². The number of amides is 1. The van der Waals surface area contributed by atoms with E-state index >= 15 is 0 Å². The predicted octanol–water partition coefficient (Wildman–Crippen LogP) is 4.49. The summed E-state index contributed by atoms with van der Waals surface area (Å²) in [6.45, 7) is 3.01. The summed E-state index contributed by atoms with van der Waals surface area (Å²) >= 11 is 0. The van der Waals surface area contributed by atoms with Crippen LogP contribution in [0.1, 0.15) is 40.5 Å². The van der Waals surface area contributed by atoms with Crippen molar-refractivity contribution < 1.29 is 14.3 Å². The number of hydrogen-bond donors (Lipinski definition) is 1. The van der Waals surface area contributed by atoms with E-state index < -0.39 is 0 Å². The van der Waals surface area contributed by atoms with Crippen molar-refractivity contribution in [2.24, 2.45) is 0 Å². The summed E-state index contributed by atoms with van der Waals surface area (Å²) in [5, 5.41) is 3.13. The van der Waals surface area contributed by atoms with E-state index in [-0.39, 0.29) is 11.9 Å². The largest absolute Gasteiger partial charge is 0.497 e. The van der Waals surface area contributed by atoms with Gasteiger partial charge in [0.15, 0.2) is 0 Å². The number of carbonyl (C=O) groups is 1. The highest BCUT2D eigenvalue weighted by Gasteiger charge is 2.24. The van der Waals surface area contributed by atoms with Gasteiger partial charge in [0.05, 0.1) is 18.8 Å². The summed E-state index contributed by atoms with van der Waals surface area (Å²) in [6, 6.07) is 21.4. The minimum atomic E-state index is -0.0883. The van der Waals surface area contributed by atoms with Crippen LogP contribution in [0.2, 0.25) is 0 Å². The number of fused-ring (bicyclic) bond motifs is 1. The molecule has 0 spiro atoms. The molecule has 0 bridgehead atoms. The molecule has 4 aromatic rings. The number of nitrogens with zero attached hydrogens (tertiary/aromatic N) is 3. The lowest BCUT2D eigenvalue weighted by Crippen LogP contribution is -2.36. The van der Waals surface area contributed by atoms with Crippen LogP contribution in [0.15, 0.2) is 79.1 Å². The maximum atomic E-state index is 12.9. The molecule has 5 rings (SSSR count). The zero-order chi connectivity index (χ0) is 24.0. The number of benzene rings is 2. The van der Waals surface area contributed by atoms with Crippen LogP contribution < -0.4 is 14.8 Å². The van der Waals surface area contributed by atoms with Gasteiger partial charge >= 0.3 is 0 Å². The predicted molar refractivity (Wildman–Crippen MR) is 135 cm³/mol. The van der Waals surface area contributed by atoms with E-state index in [4.69, 9.17) is 9.47 Å². The summed E-state index contributed by atoms with van der Waals surface area (Å²) in [5.74, 6) is 1.45. The first-order chi connectivity index (χ1) is 17.2. The van der Waals surface area contributed by atoms with Gasteiger partial charge in [0.2, 0.25) is 0 Å². The molecule has 1 atom stereocenters. The highest BCUT2D eigenvalue weighted by atomic mass is 16.5. The Morgan fingerprint density at radius 1 is 1.00 bits per heavy atom. The quantitative estimate of drug-likeness (QED) is 0.390. The van der Waals surface area contributed by atoms with Gasteiger partial charge in [0.1, 0.15) is 23.8 Å². The lowest BCUT2D eigenvalue weighted by Gasteiger charge is -2.28. The minimum absolute atomic E-state index is 0.0883. The average molecular weight is 471 g/mol. The molecule has 0 unspecified atom stereocenters. The first kappa shape index (κ1) is 22.9.